The van der Waals surface area contributed by atoms with E-state index in [0.29, 0.717) is 32.7 Å². The fourth-order valence-electron chi connectivity index (χ4n) is 2.08. The van der Waals surface area contributed by atoms with Crippen LogP contribution in [-0.4, -0.2) is 37.6 Å². The van der Waals surface area contributed by atoms with Gasteiger partial charge in [0.1, 0.15) is 11.4 Å². The van der Waals surface area contributed by atoms with Crippen molar-refractivity contribution < 1.29 is 14.6 Å². The van der Waals surface area contributed by atoms with Crippen LogP contribution in [0.15, 0.2) is 21.1 Å². The lowest BCUT2D eigenvalue weighted by Crippen LogP contribution is -2.40. The smallest absolute Gasteiger partial charge is 0.147 e. The monoisotopic (exact) mass is 393 g/mol. The molecule has 0 amide bonds. The maximum Gasteiger partial charge on any atom is 0.147 e. The molecule has 1 fully saturated rings. The molecule has 0 bridgehead atoms. The van der Waals surface area contributed by atoms with Gasteiger partial charge in [-0.3, -0.25) is 0 Å². The number of benzene rings is 1. The number of hydrogen-bond acceptors (Lipinski definition) is 4. The minimum atomic E-state index is -0.721. The van der Waals surface area contributed by atoms with Crippen molar-refractivity contribution in [1.82, 2.24) is 5.32 Å². The Bertz CT molecular complexity index is 425. The van der Waals surface area contributed by atoms with Crippen molar-refractivity contribution in [3.8, 4) is 5.75 Å². The van der Waals surface area contributed by atoms with E-state index in [-0.39, 0.29) is 0 Å². The van der Waals surface area contributed by atoms with Gasteiger partial charge < -0.3 is 19.9 Å². The topological polar surface area (TPSA) is 50.7 Å². The SMILES string of the molecule is COc1c(Br)cc(CNCC2(O)CCOC2)cc1Br. The molecule has 106 valence electrons. The minimum absolute atomic E-state index is 0.413. The Morgan fingerprint density at radius 3 is 2.63 bits per heavy atom. The summed E-state index contributed by atoms with van der Waals surface area (Å²) in [6.07, 6.45) is 0.690. The van der Waals surface area contributed by atoms with E-state index in [0.717, 1.165) is 20.3 Å². The Balaban J connectivity index is 1.93. The molecule has 2 rings (SSSR count). The summed E-state index contributed by atoms with van der Waals surface area (Å²) in [5, 5.41) is 13.4. The second-order valence-electron chi connectivity index (χ2n) is 4.72. The van der Waals surface area contributed by atoms with Crippen LogP contribution >= 0.6 is 31.9 Å². The Morgan fingerprint density at radius 2 is 2.11 bits per heavy atom. The molecule has 1 heterocycles. The number of aliphatic hydroxyl groups is 1. The maximum atomic E-state index is 10.1. The summed E-state index contributed by atoms with van der Waals surface area (Å²) in [6, 6.07) is 4.01. The number of rotatable bonds is 5. The lowest BCUT2D eigenvalue weighted by Gasteiger charge is -2.21. The van der Waals surface area contributed by atoms with E-state index in [1.165, 1.54) is 0 Å². The van der Waals surface area contributed by atoms with E-state index < -0.39 is 5.60 Å². The van der Waals surface area contributed by atoms with Gasteiger partial charge in [0.15, 0.2) is 0 Å². The van der Waals surface area contributed by atoms with Gasteiger partial charge in [-0.05, 0) is 49.6 Å². The van der Waals surface area contributed by atoms with Crippen LogP contribution in [-0.2, 0) is 11.3 Å². The summed E-state index contributed by atoms with van der Waals surface area (Å²) < 4.78 is 12.3. The molecule has 0 aliphatic carbocycles. The molecule has 19 heavy (non-hydrogen) atoms. The highest BCUT2D eigenvalue weighted by Crippen LogP contribution is 2.34. The number of ether oxygens (including phenoxy) is 2. The fraction of sp³-hybridized carbons (Fsp3) is 0.538. The molecule has 0 radical (unpaired) electrons. The molecular weight excluding hydrogens is 378 g/mol. The zero-order valence-corrected chi connectivity index (χ0v) is 13.9. The molecule has 2 N–H and O–H groups in total. The average Bonchev–Trinajstić information content (AvgIpc) is 2.76. The summed E-state index contributed by atoms with van der Waals surface area (Å²) in [7, 11) is 1.64. The lowest BCUT2D eigenvalue weighted by atomic mass is 10.0. The molecule has 1 aromatic carbocycles. The highest BCUT2D eigenvalue weighted by atomic mass is 79.9. The molecule has 1 atom stereocenters. The van der Waals surface area contributed by atoms with Crippen molar-refractivity contribution in [2.24, 2.45) is 0 Å². The number of methoxy groups -OCH3 is 1. The van der Waals surface area contributed by atoms with Crippen molar-refractivity contribution in [1.29, 1.82) is 0 Å². The molecule has 1 aliphatic rings. The second-order valence-corrected chi connectivity index (χ2v) is 6.43. The molecule has 0 aromatic heterocycles. The lowest BCUT2D eigenvalue weighted by molar-refractivity contribution is 0.0268. The van der Waals surface area contributed by atoms with Crippen LogP contribution in [0.25, 0.3) is 0 Å². The van der Waals surface area contributed by atoms with E-state index in [2.05, 4.69) is 37.2 Å². The van der Waals surface area contributed by atoms with E-state index in [4.69, 9.17) is 9.47 Å². The Hall–Kier alpha value is -0.140. The molecular formula is C13H17Br2NO3. The highest BCUT2D eigenvalue weighted by molar-refractivity contribution is 9.11. The second kappa shape index (κ2) is 6.54. The van der Waals surface area contributed by atoms with Gasteiger partial charge in [-0.15, -0.1) is 0 Å². The number of halogens is 2. The largest absolute Gasteiger partial charge is 0.494 e. The van der Waals surface area contributed by atoms with Crippen molar-refractivity contribution >= 4 is 31.9 Å². The van der Waals surface area contributed by atoms with Gasteiger partial charge in [0.25, 0.3) is 0 Å². The summed E-state index contributed by atoms with van der Waals surface area (Å²) in [4.78, 5) is 0. The minimum Gasteiger partial charge on any atom is -0.494 e. The van der Waals surface area contributed by atoms with Crippen LogP contribution in [0.4, 0.5) is 0 Å². The Morgan fingerprint density at radius 1 is 1.42 bits per heavy atom. The molecule has 1 aliphatic heterocycles. The van der Waals surface area contributed by atoms with E-state index in [1.54, 1.807) is 7.11 Å². The summed E-state index contributed by atoms with van der Waals surface area (Å²) in [5.41, 5.74) is 0.392. The fourth-order valence-corrected chi connectivity index (χ4v) is 3.69. The van der Waals surface area contributed by atoms with E-state index in [1.807, 2.05) is 12.1 Å². The molecule has 1 aromatic rings. The van der Waals surface area contributed by atoms with Crippen molar-refractivity contribution in [2.75, 3.05) is 26.9 Å². The van der Waals surface area contributed by atoms with Crippen molar-refractivity contribution in [3.63, 3.8) is 0 Å². The normalized spacial score (nSPS) is 22.7. The van der Waals surface area contributed by atoms with Crippen molar-refractivity contribution in [2.45, 2.75) is 18.6 Å². The predicted octanol–water partition coefficient (Wildman–Crippen LogP) is 2.46. The maximum absolute atomic E-state index is 10.1. The molecule has 1 unspecified atom stereocenters. The first kappa shape index (κ1) is 15.3. The average molecular weight is 395 g/mol. The van der Waals surface area contributed by atoms with Gasteiger partial charge in [0, 0.05) is 26.1 Å². The number of hydrogen-bond donors (Lipinski definition) is 2. The van der Waals surface area contributed by atoms with Crippen LogP contribution in [0.3, 0.4) is 0 Å². The van der Waals surface area contributed by atoms with Gasteiger partial charge in [0.05, 0.1) is 22.7 Å². The van der Waals surface area contributed by atoms with E-state index >= 15 is 0 Å². The predicted molar refractivity (Wildman–Crippen MR) is 80.5 cm³/mol. The standard InChI is InChI=1S/C13H17Br2NO3/c1-18-12-10(14)4-9(5-11(12)15)6-16-7-13(17)2-3-19-8-13/h4-5,16-17H,2-3,6-8H2,1H3. The van der Waals surface area contributed by atoms with E-state index in [9.17, 15) is 5.11 Å². The molecule has 1 saturated heterocycles. The summed E-state index contributed by atoms with van der Waals surface area (Å²) in [5.74, 6) is 0.784. The summed E-state index contributed by atoms with van der Waals surface area (Å²) in [6.45, 7) is 2.27. The third-order valence-corrected chi connectivity index (χ3v) is 4.31. The zero-order chi connectivity index (χ0) is 13.9. The molecule has 6 heteroatoms. The first-order valence-electron chi connectivity index (χ1n) is 6.07. The van der Waals surface area contributed by atoms with Gasteiger partial charge in [-0.25, -0.2) is 0 Å². The van der Waals surface area contributed by atoms with Gasteiger partial charge in [-0.2, -0.15) is 0 Å². The van der Waals surface area contributed by atoms with Crippen LogP contribution < -0.4 is 10.1 Å². The first-order chi connectivity index (χ1) is 9.04. The van der Waals surface area contributed by atoms with Gasteiger partial charge >= 0.3 is 0 Å². The van der Waals surface area contributed by atoms with Gasteiger partial charge in [-0.1, -0.05) is 0 Å². The number of nitrogens with one attached hydrogen (secondary N) is 1. The van der Waals surface area contributed by atoms with Crippen LogP contribution in [0.5, 0.6) is 5.75 Å². The van der Waals surface area contributed by atoms with Gasteiger partial charge in [0.2, 0.25) is 0 Å². The third kappa shape index (κ3) is 3.92. The molecule has 0 spiro atoms. The molecule has 0 saturated carbocycles. The molecule has 4 nitrogen and oxygen atoms in total. The van der Waals surface area contributed by atoms with Crippen molar-refractivity contribution in [3.05, 3.63) is 26.6 Å². The quantitative estimate of drug-likeness (QED) is 0.805. The Labute approximate surface area is 129 Å². The third-order valence-electron chi connectivity index (χ3n) is 3.13. The Kier molecular flexibility index (Phi) is 5.25. The first-order valence-corrected chi connectivity index (χ1v) is 7.65. The van der Waals surface area contributed by atoms with Crippen LogP contribution in [0.1, 0.15) is 12.0 Å². The van der Waals surface area contributed by atoms with Crippen LogP contribution in [0, 0.1) is 0 Å². The zero-order valence-electron chi connectivity index (χ0n) is 10.7. The highest BCUT2D eigenvalue weighted by Gasteiger charge is 2.31. The summed E-state index contributed by atoms with van der Waals surface area (Å²) >= 11 is 6.95. The van der Waals surface area contributed by atoms with Crippen LogP contribution in [0.2, 0.25) is 0 Å².